The molecule has 0 radical (unpaired) electrons. The van der Waals surface area contributed by atoms with Gasteiger partial charge < -0.3 is 24.8 Å². The van der Waals surface area contributed by atoms with Crippen molar-refractivity contribution in [1.82, 2.24) is 24.6 Å². The first kappa shape index (κ1) is 27.3. The van der Waals surface area contributed by atoms with Crippen molar-refractivity contribution in [2.24, 2.45) is 0 Å². The molecule has 5 rings (SSSR count). The number of aliphatic hydroxyl groups excluding tert-OH is 1. The van der Waals surface area contributed by atoms with Gasteiger partial charge in [-0.2, -0.15) is 0 Å². The Kier molecular flexibility index (Phi) is 7.98. The van der Waals surface area contributed by atoms with E-state index in [1.54, 1.807) is 19.1 Å². The fourth-order valence-electron chi connectivity index (χ4n) is 4.26. The number of aliphatic hydroxyl groups is 1. The van der Waals surface area contributed by atoms with Crippen LogP contribution in [-0.4, -0.2) is 62.6 Å². The number of nitrogen functional groups attached to an aromatic ring is 1. The fraction of sp³-hybridized carbons (Fsp3) is 0.333. The van der Waals surface area contributed by atoms with E-state index in [1.807, 2.05) is 30.3 Å². The molecule has 2 aromatic heterocycles. The second-order valence-electron chi connectivity index (χ2n) is 8.64. The summed E-state index contributed by atoms with van der Waals surface area (Å²) in [4.78, 5) is 24.2. The number of nitrogens with one attached hydrogen (secondary N) is 1. The number of anilines is 1. The summed E-state index contributed by atoms with van der Waals surface area (Å²) in [7, 11) is -4.13. The molecule has 1 unspecified atom stereocenters. The smallest absolute Gasteiger partial charge is 0.459 e. The maximum atomic E-state index is 13.8. The fourth-order valence-corrected chi connectivity index (χ4v) is 5.83. The number of imidazole rings is 1. The molecule has 0 amide bonds. The molecule has 2 aromatic carbocycles. The van der Waals surface area contributed by atoms with Gasteiger partial charge in [-0.25, -0.2) is 24.6 Å². The van der Waals surface area contributed by atoms with Crippen LogP contribution in [0.5, 0.6) is 5.75 Å². The zero-order chi connectivity index (χ0) is 27.6. The summed E-state index contributed by atoms with van der Waals surface area (Å²) in [6.07, 6.45) is -1.32. The minimum Gasteiger partial charge on any atom is -0.465 e. The Bertz CT molecular complexity index is 1550. The van der Waals surface area contributed by atoms with Gasteiger partial charge in [-0.1, -0.05) is 36.4 Å². The third-order valence-corrected chi connectivity index (χ3v) is 7.74. The summed E-state index contributed by atoms with van der Waals surface area (Å²) in [6, 6.07) is 12.7. The molecule has 15 heteroatoms. The highest BCUT2D eigenvalue weighted by Crippen LogP contribution is 2.47. The molecule has 4 N–H and O–H groups in total. The molecular formula is C24H26ClN6O7P. The lowest BCUT2D eigenvalue weighted by Crippen LogP contribution is -2.27. The van der Waals surface area contributed by atoms with Gasteiger partial charge in [-0.3, -0.25) is 13.9 Å². The van der Waals surface area contributed by atoms with Crippen LogP contribution >= 0.6 is 19.3 Å². The second-order valence-corrected chi connectivity index (χ2v) is 10.7. The molecule has 4 atom stereocenters. The highest BCUT2D eigenvalue weighted by molar-refractivity contribution is 7.52. The number of carbonyl (C=O) groups excluding carboxylic acids is 1. The minimum absolute atomic E-state index is 0.00359. The normalized spacial score (nSPS) is 20.7. The summed E-state index contributed by atoms with van der Waals surface area (Å²) < 4.78 is 37.7. The first-order valence-corrected chi connectivity index (χ1v) is 14.0. The van der Waals surface area contributed by atoms with Gasteiger partial charge in [-0.05, 0) is 30.0 Å². The van der Waals surface area contributed by atoms with Gasteiger partial charge in [-0.15, -0.1) is 0 Å². The lowest BCUT2D eigenvalue weighted by molar-refractivity contribution is -0.141. The van der Waals surface area contributed by atoms with Gasteiger partial charge in [0.05, 0.1) is 19.3 Å². The van der Waals surface area contributed by atoms with Crippen molar-refractivity contribution < 1.29 is 33.0 Å². The van der Waals surface area contributed by atoms with Crippen molar-refractivity contribution >= 4 is 53.1 Å². The third kappa shape index (κ3) is 5.83. The van der Waals surface area contributed by atoms with E-state index < -0.39 is 38.7 Å². The van der Waals surface area contributed by atoms with E-state index in [1.165, 1.54) is 10.9 Å². The van der Waals surface area contributed by atoms with Gasteiger partial charge in [0.25, 0.3) is 0 Å². The highest BCUT2D eigenvalue weighted by atomic mass is 35.5. The van der Waals surface area contributed by atoms with Crippen LogP contribution in [0.1, 0.15) is 19.6 Å². The number of fused-ring (bicyclic) bond motifs is 2. The number of esters is 1. The first-order chi connectivity index (χ1) is 18.8. The number of nitrogens with zero attached hydrogens (tertiary/aromatic N) is 4. The summed E-state index contributed by atoms with van der Waals surface area (Å²) in [5, 5.41) is 14.9. The van der Waals surface area contributed by atoms with Crippen molar-refractivity contribution in [2.75, 3.05) is 25.5 Å². The van der Waals surface area contributed by atoms with Crippen LogP contribution in [0.2, 0.25) is 5.28 Å². The lowest BCUT2D eigenvalue weighted by Gasteiger charge is -2.22. The molecule has 1 aliphatic rings. The molecule has 1 saturated heterocycles. The SMILES string of the molecule is CCOC(=O)CNP(=O)(OC[C@@H]1C[C@H](O)[C@H](n2c(Cl)nc3c(N)ncnc32)O1)Oc1cccc2ccccc12. The van der Waals surface area contributed by atoms with E-state index in [-0.39, 0.29) is 36.3 Å². The zero-order valence-corrected chi connectivity index (χ0v) is 22.4. The van der Waals surface area contributed by atoms with Crippen LogP contribution in [0, 0.1) is 0 Å². The van der Waals surface area contributed by atoms with Gasteiger partial charge in [0.1, 0.15) is 24.7 Å². The number of halogens is 1. The molecule has 0 spiro atoms. The Morgan fingerprint density at radius 3 is 2.90 bits per heavy atom. The number of carbonyl (C=O) groups is 1. The maximum Gasteiger partial charge on any atom is 0.459 e. The van der Waals surface area contributed by atoms with E-state index >= 15 is 0 Å². The topological polar surface area (TPSA) is 173 Å². The molecule has 1 fully saturated rings. The van der Waals surface area contributed by atoms with Crippen LogP contribution in [0.25, 0.3) is 21.9 Å². The number of aromatic nitrogens is 4. The Labute approximate surface area is 227 Å². The molecule has 1 aliphatic heterocycles. The van der Waals surface area contributed by atoms with Gasteiger partial charge >= 0.3 is 13.7 Å². The molecule has 0 saturated carbocycles. The van der Waals surface area contributed by atoms with E-state index in [0.717, 1.165) is 5.39 Å². The van der Waals surface area contributed by atoms with E-state index in [4.69, 9.17) is 35.9 Å². The minimum atomic E-state index is -4.13. The van der Waals surface area contributed by atoms with E-state index in [2.05, 4.69) is 20.0 Å². The Balaban J connectivity index is 1.34. The molecule has 13 nitrogen and oxygen atoms in total. The van der Waals surface area contributed by atoms with Crippen LogP contribution in [0.15, 0.2) is 48.8 Å². The maximum absolute atomic E-state index is 13.8. The summed E-state index contributed by atoms with van der Waals surface area (Å²) in [5.41, 5.74) is 6.43. The van der Waals surface area contributed by atoms with Crippen LogP contribution in [-0.2, 0) is 23.4 Å². The van der Waals surface area contributed by atoms with Gasteiger partial charge in [0.15, 0.2) is 23.2 Å². The second kappa shape index (κ2) is 11.4. The summed E-state index contributed by atoms with van der Waals surface area (Å²) in [5.74, 6) is -0.197. The van der Waals surface area contributed by atoms with Crippen LogP contribution in [0.4, 0.5) is 5.82 Å². The number of ether oxygens (including phenoxy) is 2. The Morgan fingerprint density at radius 1 is 1.28 bits per heavy atom. The number of rotatable bonds is 10. The monoisotopic (exact) mass is 576 g/mol. The summed E-state index contributed by atoms with van der Waals surface area (Å²) in [6.45, 7) is 1.17. The van der Waals surface area contributed by atoms with Crippen molar-refractivity contribution in [2.45, 2.75) is 31.8 Å². The molecule has 39 heavy (non-hydrogen) atoms. The number of hydrogen-bond donors (Lipinski definition) is 3. The standard InChI is InChI=1S/C24H26ClN6O7P/c1-2-35-19(33)11-29-39(34,38-18-9-5-7-14-6-3-4-8-16(14)18)36-12-15-10-17(32)23(37-15)31-22-20(30-24(31)25)21(26)27-13-28-22/h3-9,13,15,17,23,32H,2,10-12H2,1H3,(H,29,34)(H2,26,27,28)/t15-,17-,23+,39?/m0/s1. The average molecular weight is 577 g/mol. The molecule has 0 aliphatic carbocycles. The largest absolute Gasteiger partial charge is 0.465 e. The van der Waals surface area contributed by atoms with E-state index in [0.29, 0.717) is 16.8 Å². The number of hydrogen-bond acceptors (Lipinski definition) is 11. The van der Waals surface area contributed by atoms with E-state index in [9.17, 15) is 14.5 Å². The average Bonchev–Trinajstić information content (AvgIpc) is 3.45. The van der Waals surface area contributed by atoms with Gasteiger partial charge in [0.2, 0.25) is 5.28 Å². The Morgan fingerprint density at radius 2 is 2.08 bits per heavy atom. The quantitative estimate of drug-likeness (QED) is 0.143. The number of benzene rings is 2. The van der Waals surface area contributed by atoms with Crippen molar-refractivity contribution in [1.29, 1.82) is 0 Å². The lowest BCUT2D eigenvalue weighted by atomic mass is 10.1. The zero-order valence-electron chi connectivity index (χ0n) is 20.8. The molecule has 0 bridgehead atoms. The number of nitrogens with two attached hydrogens (primary N) is 1. The third-order valence-electron chi connectivity index (χ3n) is 6.00. The Hall–Kier alpha value is -3.32. The van der Waals surface area contributed by atoms with Gasteiger partial charge in [0, 0.05) is 11.8 Å². The predicted octanol–water partition coefficient (Wildman–Crippen LogP) is 3.22. The highest BCUT2D eigenvalue weighted by Gasteiger charge is 2.40. The van der Waals surface area contributed by atoms with Crippen molar-refractivity contribution in [3.05, 3.63) is 54.1 Å². The summed E-state index contributed by atoms with van der Waals surface area (Å²) >= 11 is 6.30. The van der Waals surface area contributed by atoms with Crippen molar-refractivity contribution in [3.8, 4) is 5.75 Å². The molecular weight excluding hydrogens is 551 g/mol. The van der Waals surface area contributed by atoms with Crippen LogP contribution in [0.3, 0.4) is 0 Å². The van der Waals surface area contributed by atoms with Crippen LogP contribution < -0.4 is 15.3 Å². The molecule has 3 heterocycles. The molecule has 206 valence electrons. The molecule has 4 aromatic rings. The predicted molar refractivity (Wildman–Crippen MR) is 142 cm³/mol. The first-order valence-electron chi connectivity index (χ1n) is 12.1. The van der Waals surface area contributed by atoms with Crippen molar-refractivity contribution in [3.63, 3.8) is 0 Å².